The van der Waals surface area contributed by atoms with Crippen LogP contribution < -0.4 is 10.6 Å². The molecule has 0 spiro atoms. The molecule has 1 amide bonds. The number of aliphatic hydroxyl groups is 1. The molecular weight excluding hydrogens is 250 g/mol. The number of hydrogen-bond donors (Lipinski definition) is 3. The summed E-state index contributed by atoms with van der Waals surface area (Å²) in [6.07, 6.45) is 1.77. The minimum Gasteiger partial charge on any atom is -0.392 e. The Morgan fingerprint density at radius 2 is 2.50 bits per heavy atom. The van der Waals surface area contributed by atoms with Crippen molar-refractivity contribution in [3.05, 3.63) is 11.1 Å². The lowest BCUT2D eigenvalue weighted by molar-refractivity contribution is -0.117. The van der Waals surface area contributed by atoms with Crippen molar-refractivity contribution in [1.82, 2.24) is 10.3 Å². The fourth-order valence-electron chi connectivity index (χ4n) is 1.52. The van der Waals surface area contributed by atoms with Crippen molar-refractivity contribution in [1.29, 1.82) is 0 Å². The van der Waals surface area contributed by atoms with Crippen molar-refractivity contribution < 1.29 is 9.90 Å². The normalized spacial score (nSPS) is 23.9. The predicted molar refractivity (Wildman–Crippen MR) is 65.1 cm³/mol. The van der Waals surface area contributed by atoms with Gasteiger partial charge in [-0.05, 0) is 13.3 Å². The average Bonchev–Trinajstić information content (AvgIpc) is 2.75. The maximum atomic E-state index is 11.7. The number of amides is 1. The summed E-state index contributed by atoms with van der Waals surface area (Å²) in [6.45, 7) is 2.42. The number of anilines is 1. The zero-order valence-corrected chi connectivity index (χ0v) is 10.4. The maximum Gasteiger partial charge on any atom is 0.243 e. The van der Waals surface area contributed by atoms with Crippen LogP contribution in [0.4, 0.5) is 5.13 Å². The molecule has 1 aromatic heterocycles. The van der Waals surface area contributed by atoms with E-state index in [4.69, 9.17) is 0 Å². The van der Waals surface area contributed by atoms with Gasteiger partial charge in [-0.2, -0.15) is 0 Å². The quantitative estimate of drug-likeness (QED) is 0.728. The number of thiazole rings is 1. The third kappa shape index (κ3) is 3.15. The highest BCUT2D eigenvalue weighted by Gasteiger charge is 2.28. The number of aromatic nitrogens is 1. The van der Waals surface area contributed by atoms with Crippen LogP contribution in [-0.4, -0.2) is 34.7 Å². The standard InChI is InChI=1S/C9H13N3O2S.ClH/c1-5-3-11-9(15-5)12-8(14)7-2-6(13)4-10-7;/h3,6-7,10,13H,2,4H2,1H3,(H,11,12,14);1H. The molecule has 90 valence electrons. The lowest BCUT2D eigenvalue weighted by atomic mass is 10.2. The van der Waals surface area contributed by atoms with Crippen LogP contribution in [0.25, 0.3) is 0 Å². The first-order valence-corrected chi connectivity index (χ1v) is 5.61. The molecule has 7 heteroatoms. The van der Waals surface area contributed by atoms with Gasteiger partial charge in [-0.1, -0.05) is 0 Å². The lowest BCUT2D eigenvalue weighted by Crippen LogP contribution is -2.35. The fourth-order valence-corrected chi connectivity index (χ4v) is 2.19. The molecule has 0 bridgehead atoms. The highest BCUT2D eigenvalue weighted by Crippen LogP contribution is 2.17. The highest BCUT2D eigenvalue weighted by molar-refractivity contribution is 7.15. The number of carbonyl (C=O) groups excluding carboxylic acids is 1. The number of hydrogen-bond acceptors (Lipinski definition) is 5. The van der Waals surface area contributed by atoms with E-state index >= 15 is 0 Å². The Kier molecular flexibility index (Phi) is 4.67. The fraction of sp³-hybridized carbons (Fsp3) is 0.556. The van der Waals surface area contributed by atoms with Gasteiger partial charge in [0.15, 0.2) is 5.13 Å². The molecule has 1 saturated heterocycles. The number of rotatable bonds is 2. The van der Waals surface area contributed by atoms with Crippen LogP contribution in [0.1, 0.15) is 11.3 Å². The summed E-state index contributed by atoms with van der Waals surface area (Å²) >= 11 is 1.44. The molecule has 1 aromatic rings. The van der Waals surface area contributed by atoms with E-state index in [1.54, 1.807) is 6.20 Å². The summed E-state index contributed by atoms with van der Waals surface area (Å²) in [4.78, 5) is 16.8. The third-order valence-corrected chi connectivity index (χ3v) is 3.10. The van der Waals surface area contributed by atoms with E-state index in [0.717, 1.165) is 4.88 Å². The minimum atomic E-state index is -0.418. The number of halogens is 1. The van der Waals surface area contributed by atoms with Crippen LogP contribution in [0.15, 0.2) is 6.20 Å². The van der Waals surface area contributed by atoms with Crippen molar-refractivity contribution in [2.75, 3.05) is 11.9 Å². The van der Waals surface area contributed by atoms with E-state index in [-0.39, 0.29) is 24.4 Å². The Labute approximate surface area is 104 Å². The molecule has 2 unspecified atom stereocenters. The number of aryl methyl sites for hydroxylation is 1. The number of carbonyl (C=O) groups is 1. The van der Waals surface area contributed by atoms with Gasteiger partial charge in [0.05, 0.1) is 12.1 Å². The Morgan fingerprint density at radius 3 is 3.00 bits per heavy atom. The van der Waals surface area contributed by atoms with Crippen molar-refractivity contribution in [2.24, 2.45) is 0 Å². The van der Waals surface area contributed by atoms with Crippen LogP contribution in [0.2, 0.25) is 0 Å². The molecule has 0 radical (unpaired) electrons. The molecule has 0 saturated carbocycles. The van der Waals surface area contributed by atoms with E-state index in [1.807, 2.05) is 6.92 Å². The van der Waals surface area contributed by atoms with Crippen molar-refractivity contribution in [3.8, 4) is 0 Å². The van der Waals surface area contributed by atoms with Gasteiger partial charge >= 0.3 is 0 Å². The van der Waals surface area contributed by atoms with E-state index in [1.165, 1.54) is 11.3 Å². The number of nitrogens with zero attached hydrogens (tertiary/aromatic N) is 1. The zero-order chi connectivity index (χ0) is 10.8. The summed E-state index contributed by atoms with van der Waals surface area (Å²) in [6, 6.07) is -0.302. The summed E-state index contributed by atoms with van der Waals surface area (Å²) < 4.78 is 0. The summed E-state index contributed by atoms with van der Waals surface area (Å²) in [5.74, 6) is -0.124. The molecule has 5 nitrogen and oxygen atoms in total. The van der Waals surface area contributed by atoms with Gasteiger partial charge in [-0.15, -0.1) is 23.7 Å². The zero-order valence-electron chi connectivity index (χ0n) is 8.77. The molecule has 0 aliphatic carbocycles. The third-order valence-electron chi connectivity index (χ3n) is 2.28. The van der Waals surface area contributed by atoms with Gasteiger partial charge in [0.1, 0.15) is 0 Å². The molecule has 16 heavy (non-hydrogen) atoms. The molecule has 0 aromatic carbocycles. The van der Waals surface area contributed by atoms with Crippen LogP contribution in [0, 0.1) is 6.92 Å². The summed E-state index contributed by atoms with van der Waals surface area (Å²) in [5.41, 5.74) is 0. The van der Waals surface area contributed by atoms with Gasteiger partial charge in [0.2, 0.25) is 5.91 Å². The molecule has 3 N–H and O–H groups in total. The molecular formula is C9H14ClN3O2S. The first-order valence-electron chi connectivity index (χ1n) is 4.80. The lowest BCUT2D eigenvalue weighted by Gasteiger charge is -2.08. The smallest absolute Gasteiger partial charge is 0.243 e. The summed E-state index contributed by atoms with van der Waals surface area (Å²) in [7, 11) is 0. The predicted octanol–water partition coefficient (Wildman–Crippen LogP) is 0.535. The Hall–Kier alpha value is -0.690. The van der Waals surface area contributed by atoms with E-state index in [0.29, 0.717) is 18.1 Å². The SMILES string of the molecule is Cc1cnc(NC(=O)C2CC(O)CN2)s1.Cl. The van der Waals surface area contributed by atoms with Gasteiger partial charge in [0.25, 0.3) is 0 Å². The van der Waals surface area contributed by atoms with Crippen LogP contribution in [0.3, 0.4) is 0 Å². The van der Waals surface area contributed by atoms with Crippen molar-refractivity contribution in [2.45, 2.75) is 25.5 Å². The maximum absolute atomic E-state index is 11.7. The minimum absolute atomic E-state index is 0. The monoisotopic (exact) mass is 263 g/mol. The van der Waals surface area contributed by atoms with Crippen molar-refractivity contribution in [3.63, 3.8) is 0 Å². The van der Waals surface area contributed by atoms with Gasteiger partial charge in [-0.25, -0.2) is 4.98 Å². The van der Waals surface area contributed by atoms with Gasteiger partial charge in [-0.3, -0.25) is 4.79 Å². The van der Waals surface area contributed by atoms with E-state index in [9.17, 15) is 9.90 Å². The molecule has 2 heterocycles. The molecule has 2 atom stereocenters. The van der Waals surface area contributed by atoms with E-state index in [2.05, 4.69) is 15.6 Å². The Bertz CT molecular complexity index is 371. The second kappa shape index (κ2) is 5.58. The second-order valence-electron chi connectivity index (χ2n) is 3.62. The number of β-amino-alcohol motifs (C(OH)–C–C–N with tert-alkyl or cyclic N) is 1. The number of aliphatic hydroxyl groups excluding tert-OH is 1. The van der Waals surface area contributed by atoms with Crippen LogP contribution in [-0.2, 0) is 4.79 Å². The average molecular weight is 264 g/mol. The first kappa shape index (κ1) is 13.4. The van der Waals surface area contributed by atoms with E-state index < -0.39 is 6.10 Å². The molecule has 2 rings (SSSR count). The van der Waals surface area contributed by atoms with Crippen molar-refractivity contribution >= 4 is 34.8 Å². The first-order chi connectivity index (χ1) is 7.15. The molecule has 1 fully saturated rings. The summed E-state index contributed by atoms with van der Waals surface area (Å²) in [5, 5.41) is 15.5. The Morgan fingerprint density at radius 1 is 1.75 bits per heavy atom. The largest absolute Gasteiger partial charge is 0.392 e. The Balaban J connectivity index is 0.00000128. The topological polar surface area (TPSA) is 74.2 Å². The molecule has 1 aliphatic heterocycles. The van der Waals surface area contributed by atoms with Crippen LogP contribution >= 0.6 is 23.7 Å². The van der Waals surface area contributed by atoms with Crippen LogP contribution in [0.5, 0.6) is 0 Å². The van der Waals surface area contributed by atoms with Gasteiger partial charge < -0.3 is 15.7 Å². The van der Waals surface area contributed by atoms with Gasteiger partial charge in [0, 0.05) is 17.6 Å². The number of nitrogens with one attached hydrogen (secondary N) is 2. The molecule has 1 aliphatic rings. The highest BCUT2D eigenvalue weighted by atomic mass is 35.5. The second-order valence-corrected chi connectivity index (χ2v) is 4.85.